The van der Waals surface area contributed by atoms with E-state index in [-0.39, 0.29) is 6.04 Å². The van der Waals surface area contributed by atoms with Crippen molar-refractivity contribution in [2.75, 3.05) is 6.54 Å². The Hall–Kier alpha value is -3.06. The number of fused-ring (bicyclic) bond motifs is 2. The maximum Gasteiger partial charge on any atom is 0.159 e. The normalized spacial score (nSPS) is 17.7. The van der Waals surface area contributed by atoms with E-state index >= 15 is 0 Å². The van der Waals surface area contributed by atoms with Crippen molar-refractivity contribution in [1.29, 1.82) is 0 Å². The molecule has 0 spiro atoms. The molecule has 0 saturated heterocycles. The average molecular weight is 331 g/mol. The molecule has 7 heteroatoms. The van der Waals surface area contributed by atoms with Gasteiger partial charge < -0.3 is 4.98 Å². The molecular formula is C18H17N7. The number of nitrogens with zero attached hydrogens (tertiary/aromatic N) is 6. The molecule has 1 aliphatic heterocycles. The van der Waals surface area contributed by atoms with Crippen LogP contribution in [0.25, 0.3) is 5.65 Å². The second-order valence-corrected chi connectivity index (χ2v) is 6.23. The first-order chi connectivity index (χ1) is 12.4. The summed E-state index contributed by atoms with van der Waals surface area (Å²) in [6.07, 6.45) is 12.1. The molecule has 5 heterocycles. The maximum absolute atomic E-state index is 4.60. The number of imidazole rings is 1. The molecule has 0 bridgehead atoms. The first kappa shape index (κ1) is 14.3. The van der Waals surface area contributed by atoms with Gasteiger partial charge in [0.1, 0.15) is 0 Å². The van der Waals surface area contributed by atoms with Gasteiger partial charge in [-0.25, -0.2) is 14.5 Å². The van der Waals surface area contributed by atoms with E-state index in [1.807, 2.05) is 41.6 Å². The van der Waals surface area contributed by atoms with Crippen LogP contribution in [-0.2, 0) is 13.0 Å². The summed E-state index contributed by atoms with van der Waals surface area (Å²) in [5.41, 5.74) is 5.55. The summed E-state index contributed by atoms with van der Waals surface area (Å²) >= 11 is 0. The van der Waals surface area contributed by atoms with Crippen molar-refractivity contribution in [3.05, 3.63) is 78.0 Å². The Kier molecular flexibility index (Phi) is 3.31. The maximum atomic E-state index is 4.60. The molecule has 124 valence electrons. The van der Waals surface area contributed by atoms with Crippen LogP contribution >= 0.6 is 0 Å². The lowest BCUT2D eigenvalue weighted by Crippen LogP contribution is -2.35. The van der Waals surface area contributed by atoms with Gasteiger partial charge in [-0.05, 0) is 23.8 Å². The largest absolute Gasteiger partial charge is 0.348 e. The highest BCUT2D eigenvalue weighted by Crippen LogP contribution is 2.34. The summed E-state index contributed by atoms with van der Waals surface area (Å²) in [5.74, 6) is 0. The monoisotopic (exact) mass is 331 g/mol. The summed E-state index contributed by atoms with van der Waals surface area (Å²) < 4.78 is 1.82. The summed E-state index contributed by atoms with van der Waals surface area (Å²) in [7, 11) is 0. The number of aromatic nitrogens is 6. The predicted molar refractivity (Wildman–Crippen MR) is 91.8 cm³/mol. The van der Waals surface area contributed by atoms with Crippen LogP contribution in [0.1, 0.15) is 28.6 Å². The molecule has 4 aromatic rings. The topological polar surface area (TPSA) is 75.0 Å². The van der Waals surface area contributed by atoms with Crippen LogP contribution < -0.4 is 0 Å². The summed E-state index contributed by atoms with van der Waals surface area (Å²) in [4.78, 5) is 19.0. The van der Waals surface area contributed by atoms with Gasteiger partial charge in [-0.3, -0.25) is 9.88 Å². The number of H-pyrrole nitrogens is 1. The molecule has 0 radical (unpaired) electrons. The van der Waals surface area contributed by atoms with Crippen LogP contribution in [-0.4, -0.2) is 41.0 Å². The zero-order valence-electron chi connectivity index (χ0n) is 13.6. The SMILES string of the molecule is c1cnc2c(CN3CCc4[nH]cnc4C3c3ccncc3)cnn2c1. The third-order valence-electron chi connectivity index (χ3n) is 4.77. The van der Waals surface area contributed by atoms with E-state index < -0.39 is 0 Å². The molecular weight excluding hydrogens is 314 g/mol. The van der Waals surface area contributed by atoms with Crippen molar-refractivity contribution in [2.24, 2.45) is 0 Å². The number of hydrogen-bond acceptors (Lipinski definition) is 5. The number of nitrogens with one attached hydrogen (secondary N) is 1. The minimum absolute atomic E-state index is 0.108. The highest BCUT2D eigenvalue weighted by molar-refractivity contribution is 5.46. The Morgan fingerprint density at radius 2 is 2.08 bits per heavy atom. The highest BCUT2D eigenvalue weighted by atomic mass is 15.3. The van der Waals surface area contributed by atoms with Gasteiger partial charge in [0.05, 0.1) is 24.3 Å². The van der Waals surface area contributed by atoms with Crippen LogP contribution in [0.3, 0.4) is 0 Å². The number of rotatable bonds is 3. The molecule has 0 aliphatic carbocycles. The first-order valence-corrected chi connectivity index (χ1v) is 8.33. The first-order valence-electron chi connectivity index (χ1n) is 8.33. The van der Waals surface area contributed by atoms with Crippen molar-refractivity contribution in [1.82, 2.24) is 34.4 Å². The fraction of sp³-hybridized carbons (Fsp3) is 0.222. The molecule has 1 unspecified atom stereocenters. The molecule has 5 rings (SSSR count). The van der Waals surface area contributed by atoms with E-state index in [1.54, 1.807) is 6.33 Å². The Balaban J connectivity index is 1.55. The van der Waals surface area contributed by atoms with E-state index in [2.05, 4.69) is 42.1 Å². The van der Waals surface area contributed by atoms with Crippen molar-refractivity contribution in [3.63, 3.8) is 0 Å². The van der Waals surface area contributed by atoms with E-state index in [1.165, 1.54) is 11.3 Å². The Bertz CT molecular complexity index is 1000. The van der Waals surface area contributed by atoms with Crippen molar-refractivity contribution in [3.8, 4) is 0 Å². The van der Waals surface area contributed by atoms with Crippen molar-refractivity contribution < 1.29 is 0 Å². The summed E-state index contributed by atoms with van der Waals surface area (Å²) in [6, 6.07) is 6.13. The van der Waals surface area contributed by atoms with Crippen LogP contribution in [0.5, 0.6) is 0 Å². The van der Waals surface area contributed by atoms with Gasteiger partial charge in [0.15, 0.2) is 5.65 Å². The van der Waals surface area contributed by atoms with Gasteiger partial charge >= 0.3 is 0 Å². The lowest BCUT2D eigenvalue weighted by Gasteiger charge is -2.34. The van der Waals surface area contributed by atoms with Gasteiger partial charge in [0.25, 0.3) is 0 Å². The van der Waals surface area contributed by atoms with E-state index in [0.717, 1.165) is 36.4 Å². The molecule has 0 aromatic carbocycles. The third-order valence-corrected chi connectivity index (χ3v) is 4.77. The third kappa shape index (κ3) is 2.40. The average Bonchev–Trinajstić information content (AvgIpc) is 3.30. The zero-order chi connectivity index (χ0) is 16.6. The van der Waals surface area contributed by atoms with E-state index in [0.29, 0.717) is 0 Å². The minimum atomic E-state index is 0.108. The van der Waals surface area contributed by atoms with Crippen LogP contribution in [0.15, 0.2) is 55.5 Å². The second kappa shape index (κ2) is 5.78. The molecule has 1 atom stereocenters. The van der Waals surface area contributed by atoms with Gasteiger partial charge in [-0.2, -0.15) is 5.10 Å². The van der Waals surface area contributed by atoms with Crippen LogP contribution in [0, 0.1) is 0 Å². The van der Waals surface area contributed by atoms with Gasteiger partial charge in [-0.15, -0.1) is 0 Å². The van der Waals surface area contributed by atoms with Crippen molar-refractivity contribution >= 4 is 5.65 Å². The molecule has 25 heavy (non-hydrogen) atoms. The number of pyridine rings is 1. The molecule has 7 nitrogen and oxygen atoms in total. The van der Waals surface area contributed by atoms with E-state index in [9.17, 15) is 0 Å². The Labute approximate surface area is 144 Å². The number of aromatic amines is 1. The van der Waals surface area contributed by atoms with Gasteiger partial charge in [0.2, 0.25) is 0 Å². The fourth-order valence-electron chi connectivity index (χ4n) is 3.62. The highest BCUT2D eigenvalue weighted by Gasteiger charge is 2.31. The lowest BCUT2D eigenvalue weighted by atomic mass is 9.96. The second-order valence-electron chi connectivity index (χ2n) is 6.23. The van der Waals surface area contributed by atoms with Crippen LogP contribution in [0.4, 0.5) is 0 Å². The summed E-state index contributed by atoms with van der Waals surface area (Å²) in [6.45, 7) is 1.73. The molecule has 0 saturated carbocycles. The molecule has 0 amide bonds. The quantitative estimate of drug-likeness (QED) is 0.621. The standard InChI is InChI=1S/C18H17N7/c1-5-20-18-14(10-23-25(18)8-1)11-24-9-4-15-16(22-12-21-15)17(24)13-2-6-19-7-3-13/h1-3,5-8,10,12,17H,4,9,11H2,(H,21,22). The Morgan fingerprint density at radius 3 is 3.00 bits per heavy atom. The fourth-order valence-corrected chi connectivity index (χ4v) is 3.62. The zero-order valence-corrected chi connectivity index (χ0v) is 13.6. The minimum Gasteiger partial charge on any atom is -0.348 e. The van der Waals surface area contributed by atoms with Crippen molar-refractivity contribution in [2.45, 2.75) is 19.0 Å². The molecule has 0 fully saturated rings. The molecule has 1 N–H and O–H groups in total. The number of hydrogen-bond donors (Lipinski definition) is 1. The molecule has 4 aromatic heterocycles. The van der Waals surface area contributed by atoms with Gasteiger partial charge in [0, 0.05) is 55.6 Å². The summed E-state index contributed by atoms with van der Waals surface area (Å²) in [5, 5.41) is 4.41. The van der Waals surface area contributed by atoms with Gasteiger partial charge in [-0.1, -0.05) is 0 Å². The lowest BCUT2D eigenvalue weighted by molar-refractivity contribution is 0.201. The Morgan fingerprint density at radius 1 is 1.16 bits per heavy atom. The van der Waals surface area contributed by atoms with E-state index in [4.69, 9.17) is 0 Å². The van der Waals surface area contributed by atoms with Crippen LogP contribution in [0.2, 0.25) is 0 Å². The predicted octanol–water partition coefficient (Wildman–Crippen LogP) is 2.00. The molecule has 1 aliphatic rings. The smallest absolute Gasteiger partial charge is 0.159 e.